The summed E-state index contributed by atoms with van der Waals surface area (Å²) in [5.41, 5.74) is -1.14. The summed E-state index contributed by atoms with van der Waals surface area (Å²) in [5, 5.41) is 2.67. The summed E-state index contributed by atoms with van der Waals surface area (Å²) in [4.78, 5) is 24.3. The molecule has 0 atom stereocenters. The summed E-state index contributed by atoms with van der Waals surface area (Å²) >= 11 is 5.93. The number of ether oxygens (including phenoxy) is 1. The molecule has 0 bridgehead atoms. The number of hydrogen-bond acceptors (Lipinski definition) is 3. The maximum absolute atomic E-state index is 14.0. The summed E-state index contributed by atoms with van der Waals surface area (Å²) < 4.78 is 33.0. The maximum Gasteiger partial charge on any atom is 0.408 e. The van der Waals surface area contributed by atoms with Crippen molar-refractivity contribution in [2.45, 2.75) is 26.4 Å². The van der Waals surface area contributed by atoms with E-state index in [1.807, 2.05) is 0 Å². The molecule has 0 saturated heterocycles. The molecule has 0 aromatic heterocycles. The number of carbonyl (C=O) groups is 2. The zero-order valence-corrected chi connectivity index (χ0v) is 16.3. The second-order valence-corrected chi connectivity index (χ2v) is 7.21. The molecule has 1 N–H and O–H groups in total. The predicted octanol–water partition coefficient (Wildman–Crippen LogP) is 4.73. The van der Waals surface area contributed by atoms with Gasteiger partial charge in [0.2, 0.25) is 0 Å². The van der Waals surface area contributed by atoms with Crippen LogP contribution in [0.1, 0.15) is 42.3 Å². The molecule has 0 fully saturated rings. The number of carbonyl (C=O) groups excluding carboxylic acids is 2. The standard InChI is InChI=1S/C21H18ClF2NO3/c1-21(2,3)28-20(27)25-11-5-6-13-9-10-14(22)12-15(13)19(26)18-16(23)7-4-8-17(18)24/h4,7-10,12H,11H2,1-3H3,(H,25,27). The van der Waals surface area contributed by atoms with Gasteiger partial charge in [-0.1, -0.05) is 29.5 Å². The van der Waals surface area contributed by atoms with Gasteiger partial charge in [0.25, 0.3) is 0 Å². The van der Waals surface area contributed by atoms with E-state index in [0.29, 0.717) is 0 Å². The molecule has 0 heterocycles. The van der Waals surface area contributed by atoms with Crippen molar-refractivity contribution in [2.24, 2.45) is 0 Å². The molecule has 146 valence electrons. The first-order chi connectivity index (χ1) is 13.1. The minimum Gasteiger partial charge on any atom is -0.444 e. The zero-order valence-electron chi connectivity index (χ0n) is 15.5. The van der Waals surface area contributed by atoms with E-state index in [0.717, 1.165) is 12.1 Å². The average Bonchev–Trinajstić information content (AvgIpc) is 2.58. The summed E-state index contributed by atoms with van der Waals surface area (Å²) in [7, 11) is 0. The van der Waals surface area contributed by atoms with Gasteiger partial charge in [0.15, 0.2) is 5.78 Å². The Labute approximate surface area is 166 Å². The molecule has 28 heavy (non-hydrogen) atoms. The molecule has 1 amide bonds. The molecule has 0 radical (unpaired) electrons. The van der Waals surface area contributed by atoms with Crippen LogP contribution >= 0.6 is 11.6 Å². The topological polar surface area (TPSA) is 55.4 Å². The van der Waals surface area contributed by atoms with Crippen molar-refractivity contribution in [3.63, 3.8) is 0 Å². The van der Waals surface area contributed by atoms with Gasteiger partial charge in [0.1, 0.15) is 17.2 Å². The van der Waals surface area contributed by atoms with Gasteiger partial charge in [-0.2, -0.15) is 0 Å². The highest BCUT2D eigenvalue weighted by molar-refractivity contribution is 6.31. The average molecular weight is 406 g/mol. The Hall–Kier alpha value is -2.91. The Balaban J connectivity index is 2.25. The summed E-state index contributed by atoms with van der Waals surface area (Å²) in [6.07, 6.45) is -0.636. The fourth-order valence-corrected chi connectivity index (χ4v) is 2.40. The molecule has 2 rings (SSSR count). The summed E-state index contributed by atoms with van der Waals surface area (Å²) in [5.74, 6) is 2.55. The second-order valence-electron chi connectivity index (χ2n) is 6.77. The van der Waals surface area contributed by atoms with Gasteiger partial charge in [0.05, 0.1) is 12.1 Å². The Bertz CT molecular complexity index is 952. The Morgan fingerprint density at radius 2 is 1.79 bits per heavy atom. The molecule has 2 aromatic carbocycles. The Kier molecular flexibility index (Phi) is 6.76. The molecule has 7 heteroatoms. The third-order valence-electron chi connectivity index (χ3n) is 3.36. The third-order valence-corrected chi connectivity index (χ3v) is 3.59. The van der Waals surface area contributed by atoms with Crippen LogP contribution in [-0.4, -0.2) is 24.0 Å². The van der Waals surface area contributed by atoms with E-state index in [1.165, 1.54) is 24.3 Å². The van der Waals surface area contributed by atoms with Gasteiger partial charge < -0.3 is 10.1 Å². The lowest BCUT2D eigenvalue weighted by molar-refractivity contribution is 0.0535. The first-order valence-corrected chi connectivity index (χ1v) is 8.70. The lowest BCUT2D eigenvalue weighted by Crippen LogP contribution is -2.32. The largest absolute Gasteiger partial charge is 0.444 e. The number of amides is 1. The number of nitrogens with one attached hydrogen (secondary N) is 1. The van der Waals surface area contributed by atoms with Crippen molar-refractivity contribution >= 4 is 23.5 Å². The molecule has 0 aliphatic rings. The minimum atomic E-state index is -0.976. The SMILES string of the molecule is CC(C)(C)OC(=O)NCC#Cc1ccc(Cl)cc1C(=O)c1c(F)cccc1F. The van der Waals surface area contributed by atoms with Crippen molar-refractivity contribution in [3.05, 3.63) is 69.7 Å². The molecule has 0 aliphatic heterocycles. The van der Waals surface area contributed by atoms with E-state index in [4.69, 9.17) is 16.3 Å². The first kappa shape index (κ1) is 21.4. The van der Waals surface area contributed by atoms with Crippen molar-refractivity contribution < 1.29 is 23.1 Å². The van der Waals surface area contributed by atoms with Gasteiger partial charge in [-0.05, 0) is 51.1 Å². The minimum absolute atomic E-state index is 0.0405. The van der Waals surface area contributed by atoms with Gasteiger partial charge in [0, 0.05) is 16.1 Å². The number of halogens is 3. The lowest BCUT2D eigenvalue weighted by atomic mass is 9.97. The monoisotopic (exact) mass is 405 g/mol. The molecule has 4 nitrogen and oxygen atoms in total. The van der Waals surface area contributed by atoms with Crippen LogP contribution in [0.5, 0.6) is 0 Å². The van der Waals surface area contributed by atoms with Crippen LogP contribution in [0.15, 0.2) is 36.4 Å². The van der Waals surface area contributed by atoms with E-state index in [9.17, 15) is 18.4 Å². The highest BCUT2D eigenvalue weighted by atomic mass is 35.5. The fraction of sp³-hybridized carbons (Fsp3) is 0.238. The maximum atomic E-state index is 14.0. The van der Waals surface area contributed by atoms with Gasteiger partial charge in [-0.3, -0.25) is 4.79 Å². The smallest absolute Gasteiger partial charge is 0.408 e. The molecule has 0 aliphatic carbocycles. The highest BCUT2D eigenvalue weighted by Crippen LogP contribution is 2.22. The van der Waals surface area contributed by atoms with Crippen LogP contribution in [-0.2, 0) is 4.74 Å². The van der Waals surface area contributed by atoms with E-state index in [-0.39, 0.29) is 22.7 Å². The van der Waals surface area contributed by atoms with Crippen molar-refractivity contribution in [2.75, 3.05) is 6.54 Å². The predicted molar refractivity (Wildman–Crippen MR) is 102 cm³/mol. The Morgan fingerprint density at radius 1 is 1.14 bits per heavy atom. The van der Waals surface area contributed by atoms with Crippen LogP contribution in [0.25, 0.3) is 0 Å². The third kappa shape index (κ3) is 5.80. The molecule has 0 unspecified atom stereocenters. The van der Waals surface area contributed by atoms with E-state index < -0.39 is 34.7 Å². The highest BCUT2D eigenvalue weighted by Gasteiger charge is 2.21. The second kappa shape index (κ2) is 8.85. The number of ketones is 1. The molecule has 2 aromatic rings. The van der Waals surface area contributed by atoms with Crippen LogP contribution in [0, 0.1) is 23.5 Å². The van der Waals surface area contributed by atoms with Gasteiger partial charge in [-0.25, -0.2) is 13.6 Å². The quantitative estimate of drug-likeness (QED) is 0.593. The number of hydrogen-bond donors (Lipinski definition) is 1. The van der Waals surface area contributed by atoms with Crippen LogP contribution in [0.2, 0.25) is 5.02 Å². The summed E-state index contributed by atoms with van der Waals surface area (Å²) in [6.45, 7) is 5.14. The molecule has 0 spiro atoms. The molecular formula is C21H18ClF2NO3. The number of rotatable bonds is 3. The number of benzene rings is 2. The lowest BCUT2D eigenvalue weighted by Gasteiger charge is -2.19. The Morgan fingerprint density at radius 3 is 2.39 bits per heavy atom. The fourth-order valence-electron chi connectivity index (χ4n) is 2.23. The number of alkyl carbamates (subject to hydrolysis) is 1. The van der Waals surface area contributed by atoms with Crippen molar-refractivity contribution in [3.8, 4) is 11.8 Å². The summed E-state index contributed by atoms with van der Waals surface area (Å²) in [6, 6.07) is 7.42. The van der Waals surface area contributed by atoms with Crippen LogP contribution in [0.4, 0.5) is 13.6 Å². The normalized spacial score (nSPS) is 10.6. The van der Waals surface area contributed by atoms with E-state index in [1.54, 1.807) is 20.8 Å². The van der Waals surface area contributed by atoms with Crippen molar-refractivity contribution in [1.82, 2.24) is 5.32 Å². The zero-order chi connectivity index (χ0) is 20.9. The molecule has 0 saturated carbocycles. The van der Waals surface area contributed by atoms with E-state index in [2.05, 4.69) is 17.2 Å². The van der Waals surface area contributed by atoms with Crippen LogP contribution in [0.3, 0.4) is 0 Å². The first-order valence-electron chi connectivity index (χ1n) is 8.32. The van der Waals surface area contributed by atoms with Crippen LogP contribution < -0.4 is 5.32 Å². The van der Waals surface area contributed by atoms with Crippen molar-refractivity contribution in [1.29, 1.82) is 0 Å². The molecular weight excluding hydrogens is 388 g/mol. The van der Waals surface area contributed by atoms with E-state index >= 15 is 0 Å². The van der Waals surface area contributed by atoms with Gasteiger partial charge >= 0.3 is 6.09 Å². The van der Waals surface area contributed by atoms with Gasteiger partial charge in [-0.15, -0.1) is 0 Å².